The molecule has 0 atom stereocenters. The van der Waals surface area contributed by atoms with Gasteiger partial charge in [0.2, 0.25) is 11.9 Å². The van der Waals surface area contributed by atoms with E-state index >= 15 is 0 Å². The topological polar surface area (TPSA) is 98.1 Å². The number of rotatable bonds is 8. The number of carbonyl (C=O) groups excluding carboxylic acids is 1. The van der Waals surface area contributed by atoms with Gasteiger partial charge in [0.05, 0.1) is 18.8 Å². The number of carbonyl (C=O) groups is 1. The van der Waals surface area contributed by atoms with Gasteiger partial charge in [0.15, 0.2) is 5.65 Å². The summed E-state index contributed by atoms with van der Waals surface area (Å²) in [6.07, 6.45) is 0. The summed E-state index contributed by atoms with van der Waals surface area (Å²) in [6.45, 7) is 2.08. The average Bonchev–Trinajstić information content (AvgIpc) is 2.83. The molecule has 0 saturated heterocycles. The third-order valence-electron chi connectivity index (χ3n) is 5.39. The van der Waals surface area contributed by atoms with Gasteiger partial charge < -0.3 is 15.4 Å². The van der Waals surface area contributed by atoms with Crippen LogP contribution in [0.2, 0.25) is 0 Å². The van der Waals surface area contributed by atoms with Crippen molar-refractivity contribution in [3.05, 3.63) is 81.9 Å². The third kappa shape index (κ3) is 5.05. The molecular formula is C25H22F3N5O3. The summed E-state index contributed by atoms with van der Waals surface area (Å²) in [5.41, 5.74) is -0.0939. The molecule has 186 valence electrons. The van der Waals surface area contributed by atoms with Crippen molar-refractivity contribution in [1.82, 2.24) is 19.9 Å². The number of benzene rings is 2. The molecule has 0 fully saturated rings. The summed E-state index contributed by atoms with van der Waals surface area (Å²) < 4.78 is 48.9. The monoisotopic (exact) mass is 497 g/mol. The summed E-state index contributed by atoms with van der Waals surface area (Å²) in [6, 6.07) is 9.89. The molecule has 0 spiro atoms. The van der Waals surface area contributed by atoms with E-state index in [1.54, 1.807) is 6.92 Å². The summed E-state index contributed by atoms with van der Waals surface area (Å²) in [4.78, 5) is 33.8. The Balaban J connectivity index is 1.92. The molecular weight excluding hydrogens is 475 g/mol. The highest BCUT2D eigenvalue weighted by molar-refractivity contribution is 5.93. The van der Waals surface area contributed by atoms with Crippen molar-refractivity contribution in [2.24, 2.45) is 0 Å². The second-order valence-electron chi connectivity index (χ2n) is 7.87. The zero-order chi connectivity index (χ0) is 25.8. The Morgan fingerprint density at radius 3 is 2.50 bits per heavy atom. The number of nitrogens with one attached hydrogen (secondary N) is 2. The minimum absolute atomic E-state index is 0.0702. The number of fused-ring (bicyclic) bond motifs is 1. The Bertz CT molecular complexity index is 1490. The predicted molar refractivity (Wildman–Crippen MR) is 129 cm³/mol. The number of hydrogen-bond donors (Lipinski definition) is 2. The Hall–Kier alpha value is -4.25. The number of halogens is 3. The van der Waals surface area contributed by atoms with E-state index in [0.29, 0.717) is 29.7 Å². The van der Waals surface area contributed by atoms with Crippen LogP contribution >= 0.6 is 0 Å². The Morgan fingerprint density at radius 1 is 1.06 bits per heavy atom. The number of methoxy groups -OCH3 is 1. The Labute approximate surface area is 203 Å². The molecule has 0 bridgehead atoms. The molecule has 1 amide bonds. The van der Waals surface area contributed by atoms with Crippen LogP contribution in [0.5, 0.6) is 0 Å². The lowest BCUT2D eigenvalue weighted by Crippen LogP contribution is -2.32. The largest absolute Gasteiger partial charge is 0.383 e. The molecule has 8 nitrogen and oxygen atoms in total. The minimum Gasteiger partial charge on any atom is -0.383 e. The fourth-order valence-corrected chi connectivity index (χ4v) is 3.73. The lowest BCUT2D eigenvalue weighted by molar-refractivity contribution is -0.119. The number of amides is 1. The van der Waals surface area contributed by atoms with Crippen LogP contribution in [-0.2, 0) is 9.53 Å². The van der Waals surface area contributed by atoms with E-state index in [1.165, 1.54) is 37.4 Å². The summed E-state index contributed by atoms with van der Waals surface area (Å²) in [5, 5.41) is 5.71. The number of aromatic nitrogens is 3. The highest BCUT2D eigenvalue weighted by Gasteiger charge is 2.20. The van der Waals surface area contributed by atoms with Gasteiger partial charge in [-0.1, -0.05) is 6.07 Å². The Morgan fingerprint density at radius 2 is 1.81 bits per heavy atom. The zero-order valence-corrected chi connectivity index (χ0v) is 19.4. The van der Waals surface area contributed by atoms with Crippen LogP contribution in [0.15, 0.2) is 53.3 Å². The van der Waals surface area contributed by atoms with E-state index in [-0.39, 0.29) is 29.7 Å². The molecule has 2 aromatic heterocycles. The Kier molecular flexibility index (Phi) is 7.30. The van der Waals surface area contributed by atoms with Gasteiger partial charge in [-0.25, -0.2) is 18.2 Å². The first-order valence-corrected chi connectivity index (χ1v) is 10.9. The normalized spacial score (nSPS) is 11.0. The number of hydrogen-bond acceptors (Lipinski definition) is 6. The van der Waals surface area contributed by atoms with E-state index in [4.69, 9.17) is 4.74 Å². The first-order valence-electron chi connectivity index (χ1n) is 10.9. The van der Waals surface area contributed by atoms with Crippen LogP contribution in [0.25, 0.3) is 28.0 Å². The fraction of sp³-hybridized carbons (Fsp3) is 0.200. The third-order valence-corrected chi connectivity index (χ3v) is 5.39. The zero-order valence-electron chi connectivity index (χ0n) is 19.4. The number of pyridine rings is 1. The smallest absolute Gasteiger partial charge is 0.256 e. The lowest BCUT2D eigenvalue weighted by Gasteiger charge is -2.16. The quantitative estimate of drug-likeness (QED) is 0.363. The van der Waals surface area contributed by atoms with Gasteiger partial charge in [-0.15, -0.1) is 0 Å². The molecule has 4 aromatic rings. The second-order valence-corrected chi connectivity index (χ2v) is 7.87. The molecule has 11 heteroatoms. The molecule has 2 aromatic carbocycles. The number of anilines is 1. The number of nitrogens with zero attached hydrogens (tertiary/aromatic N) is 3. The van der Waals surface area contributed by atoms with Gasteiger partial charge in [0.1, 0.15) is 23.1 Å². The number of para-hydroxylation sites is 1. The van der Waals surface area contributed by atoms with E-state index in [2.05, 4.69) is 20.6 Å². The van der Waals surface area contributed by atoms with Gasteiger partial charge in [-0.05, 0) is 48.9 Å². The molecule has 0 aliphatic rings. The standard InChI is InChI=1S/C25H22F3N5O3/c1-14-12-15(26)6-7-16(14)22-17-8-9-21(35)33(23-18(27)4-3-5-19(23)28)24(17)32-25(31-22)30-13-20(34)29-10-11-36-2/h3-9,12H,10-11,13H2,1-2H3,(H,29,34)(H,30,31,32). The van der Waals surface area contributed by atoms with Crippen LogP contribution in [0.1, 0.15) is 5.56 Å². The summed E-state index contributed by atoms with van der Waals surface area (Å²) in [5.74, 6) is -2.82. The molecule has 0 unspecified atom stereocenters. The highest BCUT2D eigenvalue weighted by atomic mass is 19.1. The number of ether oxygens (including phenoxy) is 1. The fourth-order valence-electron chi connectivity index (χ4n) is 3.73. The van der Waals surface area contributed by atoms with Gasteiger partial charge in [-0.3, -0.25) is 14.2 Å². The van der Waals surface area contributed by atoms with Gasteiger partial charge in [0.25, 0.3) is 5.56 Å². The highest BCUT2D eigenvalue weighted by Crippen LogP contribution is 2.31. The van der Waals surface area contributed by atoms with Crippen molar-refractivity contribution >= 4 is 22.9 Å². The van der Waals surface area contributed by atoms with Gasteiger partial charge in [-0.2, -0.15) is 4.98 Å². The predicted octanol–water partition coefficient (Wildman–Crippen LogP) is 3.35. The van der Waals surface area contributed by atoms with Crippen molar-refractivity contribution in [3.8, 4) is 16.9 Å². The molecule has 2 heterocycles. The maximum absolute atomic E-state index is 14.7. The minimum atomic E-state index is -0.963. The first-order chi connectivity index (χ1) is 17.3. The maximum atomic E-state index is 14.7. The molecule has 4 rings (SSSR count). The van der Waals surface area contributed by atoms with Gasteiger partial charge in [0, 0.05) is 30.7 Å². The molecule has 0 radical (unpaired) electrons. The van der Waals surface area contributed by atoms with Crippen LogP contribution in [-0.4, -0.2) is 47.2 Å². The molecule has 0 aliphatic heterocycles. The van der Waals surface area contributed by atoms with E-state index in [1.807, 2.05) is 0 Å². The number of aryl methyl sites for hydroxylation is 1. The summed E-state index contributed by atoms with van der Waals surface area (Å²) in [7, 11) is 1.50. The summed E-state index contributed by atoms with van der Waals surface area (Å²) >= 11 is 0. The van der Waals surface area contributed by atoms with Crippen LogP contribution in [0, 0.1) is 24.4 Å². The second kappa shape index (κ2) is 10.6. The van der Waals surface area contributed by atoms with Crippen molar-refractivity contribution in [2.45, 2.75) is 6.92 Å². The van der Waals surface area contributed by atoms with Gasteiger partial charge >= 0.3 is 0 Å². The van der Waals surface area contributed by atoms with Crippen LogP contribution in [0.4, 0.5) is 19.1 Å². The SMILES string of the molecule is COCCNC(=O)CNc1nc(-c2ccc(F)cc2C)c2ccc(=O)n(-c3c(F)cccc3F)c2n1. The lowest BCUT2D eigenvalue weighted by atomic mass is 10.0. The molecule has 0 aliphatic carbocycles. The van der Waals surface area contributed by atoms with E-state index in [0.717, 1.165) is 22.8 Å². The molecule has 36 heavy (non-hydrogen) atoms. The van der Waals surface area contributed by atoms with Crippen molar-refractivity contribution in [2.75, 3.05) is 32.1 Å². The van der Waals surface area contributed by atoms with E-state index < -0.39 is 28.7 Å². The average molecular weight is 497 g/mol. The van der Waals surface area contributed by atoms with Crippen LogP contribution in [0.3, 0.4) is 0 Å². The van der Waals surface area contributed by atoms with Crippen molar-refractivity contribution in [1.29, 1.82) is 0 Å². The van der Waals surface area contributed by atoms with Crippen molar-refractivity contribution < 1.29 is 22.7 Å². The van der Waals surface area contributed by atoms with Crippen molar-refractivity contribution in [3.63, 3.8) is 0 Å². The molecule has 0 saturated carbocycles. The molecule has 2 N–H and O–H groups in total. The van der Waals surface area contributed by atoms with Crippen LogP contribution < -0.4 is 16.2 Å². The first kappa shape index (κ1) is 24.9. The van der Waals surface area contributed by atoms with E-state index in [9.17, 15) is 22.8 Å². The maximum Gasteiger partial charge on any atom is 0.256 e.